The molecule has 1 unspecified atom stereocenters. The molecule has 1 atom stereocenters. The quantitative estimate of drug-likeness (QED) is 0.640. The Bertz CT molecular complexity index is 515. The van der Waals surface area contributed by atoms with E-state index >= 15 is 0 Å². The van der Waals surface area contributed by atoms with Crippen molar-refractivity contribution in [1.29, 1.82) is 0 Å². The van der Waals surface area contributed by atoms with Gasteiger partial charge in [0.2, 0.25) is 0 Å². The fourth-order valence-corrected chi connectivity index (χ4v) is 2.01. The van der Waals surface area contributed by atoms with Crippen LogP contribution in [0.1, 0.15) is 18.5 Å². The third-order valence-corrected chi connectivity index (χ3v) is 2.94. The van der Waals surface area contributed by atoms with E-state index in [1.807, 2.05) is 5.32 Å². The molecule has 17 heavy (non-hydrogen) atoms. The Hall–Kier alpha value is -1.88. The van der Waals surface area contributed by atoms with Crippen molar-refractivity contribution >= 4 is 29.4 Å². The number of hydrogen-bond acceptors (Lipinski definition) is 3. The van der Waals surface area contributed by atoms with Crippen LogP contribution in [-0.2, 0) is 9.59 Å². The normalized spacial score (nSPS) is 17.3. The first-order valence-corrected chi connectivity index (χ1v) is 5.33. The molecule has 2 rings (SSSR count). The Morgan fingerprint density at radius 3 is 2.41 bits per heavy atom. The van der Waals surface area contributed by atoms with E-state index in [4.69, 9.17) is 11.6 Å². The molecule has 0 aromatic heterocycles. The average molecular weight is 253 g/mol. The van der Waals surface area contributed by atoms with Gasteiger partial charge in [-0.2, -0.15) is 0 Å². The number of nitrogens with one attached hydrogen (secondary N) is 1. The lowest BCUT2D eigenvalue weighted by Gasteiger charge is -2.21. The Morgan fingerprint density at radius 1 is 1.24 bits per heavy atom. The molecule has 6 heteroatoms. The molecule has 0 aliphatic carbocycles. The molecule has 0 radical (unpaired) electrons. The summed E-state index contributed by atoms with van der Waals surface area (Å²) in [5, 5.41) is 2.39. The number of urea groups is 1. The molecule has 1 aliphatic heterocycles. The highest BCUT2D eigenvalue weighted by molar-refractivity contribution is 6.45. The van der Waals surface area contributed by atoms with Gasteiger partial charge < -0.3 is 0 Å². The van der Waals surface area contributed by atoms with E-state index in [9.17, 15) is 14.4 Å². The topological polar surface area (TPSA) is 66.5 Å². The number of carbonyl (C=O) groups excluding carboxylic acids is 3. The Balaban J connectivity index is 2.36. The van der Waals surface area contributed by atoms with Gasteiger partial charge in [-0.05, 0) is 18.6 Å². The van der Waals surface area contributed by atoms with Crippen LogP contribution in [0.4, 0.5) is 4.79 Å². The standard InChI is InChI=1S/C11H9ClN2O3/c1-6(7-4-2-3-5-8(7)12)14-10(16)9(15)13-11(14)17/h2-6H,1H3,(H,13,15,17). The summed E-state index contributed by atoms with van der Waals surface area (Å²) in [5.41, 5.74) is 0.618. The number of amides is 4. The van der Waals surface area contributed by atoms with Crippen LogP contribution in [0.15, 0.2) is 24.3 Å². The van der Waals surface area contributed by atoms with Crippen LogP contribution in [0.5, 0.6) is 0 Å². The highest BCUT2D eigenvalue weighted by Gasteiger charge is 2.40. The van der Waals surface area contributed by atoms with Gasteiger partial charge in [0.25, 0.3) is 0 Å². The molecule has 1 aromatic carbocycles. The summed E-state index contributed by atoms with van der Waals surface area (Å²) in [6, 6.07) is 5.56. The second kappa shape index (κ2) is 4.18. The van der Waals surface area contributed by atoms with Crippen LogP contribution in [0.25, 0.3) is 0 Å². The minimum Gasteiger partial charge on any atom is -0.269 e. The summed E-state index contributed by atoms with van der Waals surface area (Å²) in [4.78, 5) is 34.9. The Labute approximate surface area is 102 Å². The Kier molecular flexibility index (Phi) is 2.85. The van der Waals surface area contributed by atoms with E-state index in [2.05, 4.69) is 0 Å². The summed E-state index contributed by atoms with van der Waals surface area (Å²) in [6.07, 6.45) is 0. The summed E-state index contributed by atoms with van der Waals surface area (Å²) < 4.78 is 0. The monoisotopic (exact) mass is 252 g/mol. The molecule has 1 heterocycles. The van der Waals surface area contributed by atoms with E-state index in [1.165, 1.54) is 0 Å². The first kappa shape index (κ1) is 11.6. The largest absolute Gasteiger partial charge is 0.332 e. The predicted octanol–water partition coefficient (Wildman–Crippen LogP) is 1.48. The summed E-state index contributed by atoms with van der Waals surface area (Å²) in [5.74, 6) is -1.77. The summed E-state index contributed by atoms with van der Waals surface area (Å²) in [7, 11) is 0. The van der Waals surface area contributed by atoms with E-state index < -0.39 is 23.9 Å². The van der Waals surface area contributed by atoms with Gasteiger partial charge in [-0.25, -0.2) is 9.69 Å². The van der Waals surface area contributed by atoms with Gasteiger partial charge in [-0.3, -0.25) is 14.9 Å². The Morgan fingerprint density at radius 2 is 1.88 bits per heavy atom. The van der Waals surface area contributed by atoms with Crippen molar-refractivity contribution in [2.24, 2.45) is 0 Å². The van der Waals surface area contributed by atoms with Crippen molar-refractivity contribution in [1.82, 2.24) is 10.2 Å². The van der Waals surface area contributed by atoms with Crippen LogP contribution in [-0.4, -0.2) is 22.7 Å². The second-order valence-electron chi connectivity index (χ2n) is 3.63. The van der Waals surface area contributed by atoms with Crippen molar-refractivity contribution < 1.29 is 14.4 Å². The second-order valence-corrected chi connectivity index (χ2v) is 4.04. The molecule has 1 aromatic rings. The summed E-state index contributed by atoms with van der Waals surface area (Å²) in [6.45, 7) is 1.64. The molecule has 4 amide bonds. The molecular formula is C11H9ClN2O3. The van der Waals surface area contributed by atoms with E-state index in [-0.39, 0.29) is 0 Å². The molecule has 0 bridgehead atoms. The molecule has 1 N–H and O–H groups in total. The highest BCUT2D eigenvalue weighted by Crippen LogP contribution is 2.28. The molecule has 5 nitrogen and oxygen atoms in total. The van der Waals surface area contributed by atoms with Crippen molar-refractivity contribution in [2.45, 2.75) is 13.0 Å². The number of imide groups is 2. The van der Waals surface area contributed by atoms with Crippen molar-refractivity contribution in [3.63, 3.8) is 0 Å². The maximum Gasteiger partial charge on any atom is 0.332 e. The fourth-order valence-electron chi connectivity index (χ4n) is 1.72. The van der Waals surface area contributed by atoms with Gasteiger partial charge in [0.15, 0.2) is 0 Å². The van der Waals surface area contributed by atoms with Gasteiger partial charge in [0.05, 0.1) is 6.04 Å². The third kappa shape index (κ3) is 1.89. The van der Waals surface area contributed by atoms with Gasteiger partial charge in [-0.1, -0.05) is 29.8 Å². The SMILES string of the molecule is CC(c1ccccc1Cl)N1C(=O)NC(=O)C1=O. The third-order valence-electron chi connectivity index (χ3n) is 2.59. The zero-order valence-corrected chi connectivity index (χ0v) is 9.69. The van der Waals surface area contributed by atoms with E-state index in [1.54, 1.807) is 31.2 Å². The smallest absolute Gasteiger partial charge is 0.269 e. The fraction of sp³-hybridized carbons (Fsp3) is 0.182. The van der Waals surface area contributed by atoms with Crippen LogP contribution < -0.4 is 5.32 Å². The van der Waals surface area contributed by atoms with Crippen LogP contribution in [0, 0.1) is 0 Å². The molecule has 88 valence electrons. The van der Waals surface area contributed by atoms with Crippen LogP contribution in [0.3, 0.4) is 0 Å². The van der Waals surface area contributed by atoms with E-state index in [0.29, 0.717) is 10.6 Å². The molecule has 1 fully saturated rings. The van der Waals surface area contributed by atoms with Crippen molar-refractivity contribution in [2.75, 3.05) is 0 Å². The highest BCUT2D eigenvalue weighted by atomic mass is 35.5. The van der Waals surface area contributed by atoms with Crippen LogP contribution in [0.2, 0.25) is 5.02 Å². The average Bonchev–Trinajstić information content (AvgIpc) is 2.53. The van der Waals surface area contributed by atoms with Gasteiger partial charge in [0, 0.05) is 5.02 Å². The molecule has 0 spiro atoms. The van der Waals surface area contributed by atoms with Crippen LogP contribution >= 0.6 is 11.6 Å². The van der Waals surface area contributed by atoms with Gasteiger partial charge >= 0.3 is 17.8 Å². The maximum absolute atomic E-state index is 11.5. The number of rotatable bonds is 2. The first-order chi connectivity index (χ1) is 8.02. The number of nitrogens with zero attached hydrogens (tertiary/aromatic N) is 1. The lowest BCUT2D eigenvalue weighted by molar-refractivity contribution is -0.141. The molecule has 1 aliphatic rings. The zero-order chi connectivity index (χ0) is 12.6. The number of hydrogen-bond donors (Lipinski definition) is 1. The number of halogens is 1. The maximum atomic E-state index is 11.5. The molecular weight excluding hydrogens is 244 g/mol. The minimum absolute atomic E-state index is 0.444. The number of benzene rings is 1. The first-order valence-electron chi connectivity index (χ1n) is 4.95. The zero-order valence-electron chi connectivity index (χ0n) is 8.94. The van der Waals surface area contributed by atoms with Crippen molar-refractivity contribution in [3.05, 3.63) is 34.9 Å². The van der Waals surface area contributed by atoms with Crippen molar-refractivity contribution in [3.8, 4) is 0 Å². The number of carbonyl (C=O) groups is 3. The minimum atomic E-state index is -0.908. The van der Waals surface area contributed by atoms with Gasteiger partial charge in [-0.15, -0.1) is 0 Å². The summed E-state index contributed by atoms with van der Waals surface area (Å²) >= 11 is 5.97. The molecule has 1 saturated heterocycles. The van der Waals surface area contributed by atoms with E-state index in [0.717, 1.165) is 4.90 Å². The lowest BCUT2D eigenvalue weighted by Crippen LogP contribution is -2.33. The predicted molar refractivity (Wildman–Crippen MR) is 60.3 cm³/mol. The van der Waals surface area contributed by atoms with Gasteiger partial charge in [0.1, 0.15) is 0 Å². The lowest BCUT2D eigenvalue weighted by atomic mass is 10.1. The molecule has 0 saturated carbocycles.